The largest absolute Gasteiger partial charge is 0.360 e. The van der Waals surface area contributed by atoms with Gasteiger partial charge in [0.25, 0.3) is 0 Å². The van der Waals surface area contributed by atoms with Crippen LogP contribution in [-0.4, -0.2) is 40.3 Å². The molecule has 5 heterocycles. The van der Waals surface area contributed by atoms with Gasteiger partial charge in [-0.15, -0.1) is 5.73 Å². The highest BCUT2D eigenvalue weighted by molar-refractivity contribution is 5.92. The fourth-order valence-corrected chi connectivity index (χ4v) is 4.51. The number of hydrogen-bond acceptors (Lipinski definition) is 6. The maximum absolute atomic E-state index is 4.44. The standard InChI is InChI=1S/C26H23N9/c1-4-21-24-20(18-12-31-33(3)13-18)10-11-34(24)14-22(35(21)19-8-6-5-7-9-19)17(2)32-26-23-25(28-15-27-23)29-16-30-26/h5-17H,1H2,2-3H3,(H2,27,28,29,30,32). The fraction of sp³-hybridized carbons (Fsp3) is 0.115. The van der Waals surface area contributed by atoms with Gasteiger partial charge in [-0.25, -0.2) is 15.0 Å². The molecule has 5 aromatic rings. The summed E-state index contributed by atoms with van der Waals surface area (Å²) in [5, 5.41) is 7.89. The Labute approximate surface area is 201 Å². The smallest absolute Gasteiger partial charge is 0.162 e. The molecule has 1 aliphatic rings. The van der Waals surface area contributed by atoms with Gasteiger partial charge in [0.15, 0.2) is 11.5 Å². The van der Waals surface area contributed by atoms with E-state index in [-0.39, 0.29) is 6.04 Å². The number of benzene rings is 1. The van der Waals surface area contributed by atoms with Crippen molar-refractivity contribution in [3.8, 4) is 11.1 Å². The van der Waals surface area contributed by atoms with Gasteiger partial charge in [-0.05, 0) is 25.1 Å². The predicted molar refractivity (Wildman–Crippen MR) is 137 cm³/mol. The summed E-state index contributed by atoms with van der Waals surface area (Å²) in [6.07, 6.45) is 11.2. The molecule has 1 atom stereocenters. The van der Waals surface area contributed by atoms with Gasteiger partial charge in [0, 0.05) is 42.5 Å². The summed E-state index contributed by atoms with van der Waals surface area (Å²) in [5.41, 5.74) is 10.6. The van der Waals surface area contributed by atoms with E-state index in [1.165, 1.54) is 6.33 Å². The van der Waals surface area contributed by atoms with E-state index in [0.717, 1.165) is 33.9 Å². The molecule has 9 heteroatoms. The van der Waals surface area contributed by atoms with Crippen LogP contribution >= 0.6 is 0 Å². The molecular formula is C26H23N9. The number of hydrogen-bond donors (Lipinski definition) is 2. The first-order chi connectivity index (χ1) is 17.1. The molecule has 1 aliphatic heterocycles. The van der Waals surface area contributed by atoms with E-state index in [0.29, 0.717) is 17.0 Å². The van der Waals surface area contributed by atoms with Crippen LogP contribution in [0.4, 0.5) is 11.5 Å². The summed E-state index contributed by atoms with van der Waals surface area (Å²) in [6.45, 7) is 6.17. The Morgan fingerprint density at radius 3 is 2.74 bits per heavy atom. The van der Waals surface area contributed by atoms with Crippen LogP contribution < -0.4 is 10.2 Å². The zero-order valence-electron chi connectivity index (χ0n) is 19.3. The second kappa shape index (κ2) is 8.16. The van der Waals surface area contributed by atoms with Crippen LogP contribution in [0.2, 0.25) is 0 Å². The zero-order chi connectivity index (χ0) is 23.9. The van der Waals surface area contributed by atoms with Crippen LogP contribution in [0.5, 0.6) is 0 Å². The lowest BCUT2D eigenvalue weighted by atomic mass is 10.0. The monoisotopic (exact) mass is 461 g/mol. The fourth-order valence-electron chi connectivity index (χ4n) is 4.51. The number of anilines is 2. The van der Waals surface area contributed by atoms with Gasteiger partial charge >= 0.3 is 0 Å². The number of nitrogens with zero attached hydrogens (tertiary/aromatic N) is 7. The Bertz CT molecular complexity index is 1610. The van der Waals surface area contributed by atoms with Gasteiger partial charge in [-0.3, -0.25) is 4.68 Å². The van der Waals surface area contributed by atoms with E-state index in [1.54, 1.807) is 11.0 Å². The maximum atomic E-state index is 4.44. The summed E-state index contributed by atoms with van der Waals surface area (Å²) in [4.78, 5) is 18.3. The lowest BCUT2D eigenvalue weighted by Gasteiger charge is -2.36. The number of H-pyrrole nitrogens is 1. The van der Waals surface area contributed by atoms with Crippen molar-refractivity contribution in [1.29, 1.82) is 0 Å². The molecular weight excluding hydrogens is 438 g/mol. The third-order valence-corrected chi connectivity index (χ3v) is 6.10. The molecule has 0 saturated carbocycles. The second-order valence-corrected chi connectivity index (χ2v) is 8.33. The summed E-state index contributed by atoms with van der Waals surface area (Å²) >= 11 is 0. The average Bonchev–Trinajstić information content (AvgIpc) is 3.63. The first-order valence-corrected chi connectivity index (χ1v) is 11.2. The van der Waals surface area contributed by atoms with E-state index in [9.17, 15) is 0 Å². The molecule has 1 aromatic carbocycles. The van der Waals surface area contributed by atoms with Gasteiger partial charge < -0.3 is 19.8 Å². The van der Waals surface area contributed by atoms with E-state index in [1.807, 2.05) is 37.6 Å². The summed E-state index contributed by atoms with van der Waals surface area (Å²) in [7, 11) is 1.92. The number of aryl methyl sites for hydroxylation is 1. The molecule has 2 N–H and O–H groups in total. The molecule has 0 fully saturated rings. The van der Waals surface area contributed by atoms with Crippen LogP contribution in [-0.2, 0) is 7.05 Å². The number of aromatic amines is 1. The Hall–Kier alpha value is -4.88. The van der Waals surface area contributed by atoms with Crippen molar-refractivity contribution in [2.24, 2.45) is 7.05 Å². The zero-order valence-corrected chi connectivity index (χ0v) is 19.3. The van der Waals surface area contributed by atoms with Crippen LogP contribution in [0.3, 0.4) is 0 Å². The third kappa shape index (κ3) is 3.42. The number of para-hydroxylation sites is 1. The van der Waals surface area contributed by atoms with E-state index in [4.69, 9.17) is 0 Å². The van der Waals surface area contributed by atoms with Crippen LogP contribution in [0.25, 0.3) is 34.2 Å². The minimum absolute atomic E-state index is 0.134. The first kappa shape index (κ1) is 20.7. The lowest BCUT2D eigenvalue weighted by molar-refractivity contribution is 0.768. The summed E-state index contributed by atoms with van der Waals surface area (Å²) in [5.74, 6) is 0.663. The molecule has 0 spiro atoms. The van der Waals surface area contributed by atoms with Crippen molar-refractivity contribution < 1.29 is 0 Å². The number of imidazole rings is 1. The molecule has 0 amide bonds. The lowest BCUT2D eigenvalue weighted by Crippen LogP contribution is -2.35. The van der Waals surface area contributed by atoms with Crippen LogP contribution in [0, 0.1) is 0 Å². The minimum Gasteiger partial charge on any atom is -0.360 e. The highest BCUT2D eigenvalue weighted by Gasteiger charge is 2.31. The van der Waals surface area contributed by atoms with Crippen molar-refractivity contribution in [2.45, 2.75) is 13.0 Å². The molecule has 1 unspecified atom stereocenters. The molecule has 172 valence electrons. The van der Waals surface area contributed by atoms with Crippen LogP contribution in [0.1, 0.15) is 12.6 Å². The molecule has 9 nitrogen and oxygen atoms in total. The Kier molecular flexibility index (Phi) is 4.83. The Morgan fingerprint density at radius 1 is 1.11 bits per heavy atom. The molecule has 0 aliphatic carbocycles. The maximum Gasteiger partial charge on any atom is 0.162 e. The molecule has 0 radical (unpaired) electrons. The van der Waals surface area contributed by atoms with Crippen molar-refractivity contribution in [3.63, 3.8) is 0 Å². The molecule has 6 rings (SSSR count). The number of fused-ring (bicyclic) bond motifs is 2. The third-order valence-electron chi connectivity index (χ3n) is 6.10. The molecule has 0 bridgehead atoms. The molecule has 35 heavy (non-hydrogen) atoms. The highest BCUT2D eigenvalue weighted by atomic mass is 15.3. The van der Waals surface area contributed by atoms with Crippen molar-refractivity contribution in [3.05, 3.63) is 91.3 Å². The van der Waals surface area contributed by atoms with Crippen LogP contribution in [0.15, 0.2) is 85.7 Å². The minimum atomic E-state index is -0.134. The Balaban J connectivity index is 1.50. The van der Waals surface area contributed by atoms with Gasteiger partial charge in [0.2, 0.25) is 0 Å². The normalized spacial score (nSPS) is 13.9. The summed E-state index contributed by atoms with van der Waals surface area (Å²) < 4.78 is 3.92. The van der Waals surface area contributed by atoms with E-state index < -0.39 is 0 Å². The first-order valence-electron chi connectivity index (χ1n) is 11.2. The summed E-state index contributed by atoms with van der Waals surface area (Å²) in [6, 6.07) is 12.2. The second-order valence-electron chi connectivity index (χ2n) is 8.33. The van der Waals surface area contributed by atoms with Crippen molar-refractivity contribution >= 4 is 34.6 Å². The van der Waals surface area contributed by atoms with Gasteiger partial charge in [0.1, 0.15) is 17.5 Å². The predicted octanol–water partition coefficient (Wildman–Crippen LogP) is 4.50. The molecule has 4 aromatic heterocycles. The van der Waals surface area contributed by atoms with Crippen molar-refractivity contribution in [1.82, 2.24) is 34.3 Å². The number of aromatic nitrogens is 7. The van der Waals surface area contributed by atoms with E-state index in [2.05, 4.69) is 89.6 Å². The number of rotatable bonds is 5. The Morgan fingerprint density at radius 2 is 1.97 bits per heavy atom. The quantitative estimate of drug-likeness (QED) is 0.375. The van der Waals surface area contributed by atoms with Gasteiger partial charge in [0.05, 0.1) is 30.0 Å². The van der Waals surface area contributed by atoms with E-state index >= 15 is 0 Å². The number of nitrogens with one attached hydrogen (secondary N) is 2. The van der Waals surface area contributed by atoms with Crippen molar-refractivity contribution in [2.75, 3.05) is 10.2 Å². The van der Waals surface area contributed by atoms with Gasteiger partial charge in [-0.1, -0.05) is 24.8 Å². The SMILES string of the molecule is C=C=C1c2c(-c3cnn(C)c3)ccn2C=C(C(C)Nc2ncnc3[nH]cnc23)N1c1ccccc1. The average molecular weight is 462 g/mol. The topological polar surface area (TPSA) is 92.5 Å². The van der Waals surface area contributed by atoms with Gasteiger partial charge in [-0.2, -0.15) is 5.10 Å². The molecule has 0 saturated heterocycles. The highest BCUT2D eigenvalue weighted by Crippen LogP contribution is 2.40.